The number of aliphatic hydroxyl groups excluding tert-OH is 1. The Hall–Kier alpha value is -0.800. The number of aliphatic hydroxyl groups is 1. The van der Waals surface area contributed by atoms with Crippen LogP contribution in [0.1, 0.15) is 19.3 Å². The van der Waals surface area contributed by atoms with Crippen molar-refractivity contribution in [2.24, 2.45) is 0 Å². The highest BCUT2D eigenvalue weighted by Crippen LogP contribution is 2.16. The number of halogens is 1. The molecule has 13 heavy (non-hydrogen) atoms. The fraction of sp³-hybridized carbons (Fsp3) is 0.444. The molecule has 0 aromatic carbocycles. The molecular weight excluding hydrogens is 190 g/mol. The zero-order valence-electron chi connectivity index (χ0n) is 7.42. The molecule has 0 bridgehead atoms. The second-order valence-electron chi connectivity index (χ2n) is 2.44. The summed E-state index contributed by atoms with van der Waals surface area (Å²) in [6.07, 6.45) is 4.83. The van der Waals surface area contributed by atoms with Gasteiger partial charge in [-0.15, -0.1) is 0 Å². The third kappa shape index (κ3) is 5.44. The molecule has 0 aromatic heterocycles. The minimum Gasteiger partial charge on any atom is -0.376 e. The predicted octanol–water partition coefficient (Wildman–Crippen LogP) is 1.53. The number of rotatable bonds is 2. The Morgan fingerprint density at radius 3 is 2.85 bits per heavy atom. The van der Waals surface area contributed by atoms with Crippen LogP contribution in [0.2, 0.25) is 0 Å². The quantitative estimate of drug-likeness (QED) is 0.669. The van der Waals surface area contributed by atoms with Crippen LogP contribution in [0.4, 0.5) is 0 Å². The summed E-state index contributed by atoms with van der Waals surface area (Å²) in [4.78, 5) is 10.9. The van der Waals surface area contributed by atoms with Crippen molar-refractivity contribution >= 4 is 17.5 Å². The van der Waals surface area contributed by atoms with Crippen LogP contribution in [-0.4, -0.2) is 17.7 Å². The summed E-state index contributed by atoms with van der Waals surface area (Å²) in [6.45, 7) is 2.86. The maximum Gasteiger partial charge on any atom is 0.248 e. The van der Waals surface area contributed by atoms with Crippen LogP contribution in [0.3, 0.4) is 0 Å². The van der Waals surface area contributed by atoms with Crippen molar-refractivity contribution in [3.63, 3.8) is 0 Å². The topological polar surface area (TPSA) is 49.3 Å². The van der Waals surface area contributed by atoms with Gasteiger partial charge in [0.2, 0.25) is 5.91 Å². The Balaban J connectivity index is 0.000000424. The molecule has 0 aromatic rings. The number of carbonyl (C=O) groups is 1. The molecule has 1 rings (SSSR count). The van der Waals surface area contributed by atoms with E-state index >= 15 is 0 Å². The van der Waals surface area contributed by atoms with Gasteiger partial charge in [-0.25, -0.2) is 0 Å². The lowest BCUT2D eigenvalue weighted by Gasteiger charge is -1.99. The highest BCUT2D eigenvalue weighted by Gasteiger charge is 2.11. The monoisotopic (exact) mass is 203 g/mol. The van der Waals surface area contributed by atoms with Gasteiger partial charge in [-0.1, -0.05) is 24.3 Å². The van der Waals surface area contributed by atoms with Gasteiger partial charge in [0, 0.05) is 5.57 Å². The Morgan fingerprint density at radius 1 is 1.85 bits per heavy atom. The second-order valence-corrected chi connectivity index (χ2v) is 2.75. The van der Waals surface area contributed by atoms with Crippen LogP contribution in [0.25, 0.3) is 0 Å². The molecule has 0 heterocycles. The first-order chi connectivity index (χ1) is 6.26. The SMILES string of the molecule is C=CCl.O=C(NCO)C1=CCCC1. The van der Waals surface area contributed by atoms with Gasteiger partial charge in [0.15, 0.2) is 0 Å². The van der Waals surface area contributed by atoms with Gasteiger partial charge in [0.25, 0.3) is 0 Å². The summed E-state index contributed by atoms with van der Waals surface area (Å²) in [7, 11) is 0. The molecule has 4 heteroatoms. The maximum absolute atomic E-state index is 10.9. The van der Waals surface area contributed by atoms with Gasteiger partial charge in [-0.05, 0) is 24.8 Å². The standard InChI is InChI=1S/C7H11NO2.C2H3Cl/c9-5-8-7(10)6-3-1-2-4-6;1-2-3/h3,9H,1-2,4-5H2,(H,8,10);2H,1H2. The first-order valence-corrected chi connectivity index (χ1v) is 4.49. The van der Waals surface area contributed by atoms with Crippen LogP contribution in [-0.2, 0) is 4.79 Å². The van der Waals surface area contributed by atoms with E-state index in [9.17, 15) is 4.79 Å². The van der Waals surface area contributed by atoms with Crippen molar-refractivity contribution < 1.29 is 9.90 Å². The normalized spacial score (nSPS) is 13.8. The van der Waals surface area contributed by atoms with Crippen molar-refractivity contribution in [2.45, 2.75) is 19.3 Å². The van der Waals surface area contributed by atoms with E-state index in [0.717, 1.165) is 24.8 Å². The van der Waals surface area contributed by atoms with Gasteiger partial charge >= 0.3 is 0 Å². The number of nitrogens with one attached hydrogen (secondary N) is 1. The first-order valence-electron chi connectivity index (χ1n) is 4.05. The largest absolute Gasteiger partial charge is 0.376 e. The fourth-order valence-corrected chi connectivity index (χ4v) is 1.06. The fourth-order valence-electron chi connectivity index (χ4n) is 1.06. The van der Waals surface area contributed by atoms with Crippen molar-refractivity contribution in [1.82, 2.24) is 5.32 Å². The minimum atomic E-state index is -0.268. The van der Waals surface area contributed by atoms with E-state index in [2.05, 4.69) is 11.9 Å². The second kappa shape index (κ2) is 7.83. The van der Waals surface area contributed by atoms with E-state index in [1.807, 2.05) is 6.08 Å². The summed E-state index contributed by atoms with van der Waals surface area (Å²) in [5.74, 6) is -0.125. The summed E-state index contributed by atoms with van der Waals surface area (Å²) in [6, 6.07) is 0. The third-order valence-corrected chi connectivity index (χ3v) is 1.57. The molecule has 2 N–H and O–H groups in total. The summed E-state index contributed by atoms with van der Waals surface area (Å²) < 4.78 is 0. The Morgan fingerprint density at radius 2 is 2.46 bits per heavy atom. The van der Waals surface area contributed by atoms with Crippen LogP contribution >= 0.6 is 11.6 Å². The molecule has 1 amide bonds. The highest BCUT2D eigenvalue weighted by atomic mass is 35.5. The Kier molecular flexibility index (Phi) is 7.35. The number of carbonyl (C=O) groups excluding carboxylic acids is 1. The first kappa shape index (κ1) is 12.2. The maximum atomic E-state index is 10.9. The van der Waals surface area contributed by atoms with Crippen molar-refractivity contribution in [2.75, 3.05) is 6.73 Å². The van der Waals surface area contributed by atoms with E-state index in [1.165, 1.54) is 5.54 Å². The van der Waals surface area contributed by atoms with Crippen LogP contribution in [0, 0.1) is 0 Å². The number of amides is 1. The number of hydrogen-bond acceptors (Lipinski definition) is 2. The van der Waals surface area contributed by atoms with Gasteiger partial charge in [-0.3, -0.25) is 4.79 Å². The molecule has 0 unspecified atom stereocenters. The van der Waals surface area contributed by atoms with Crippen LogP contribution in [0.15, 0.2) is 23.8 Å². The predicted molar refractivity (Wildman–Crippen MR) is 53.2 cm³/mol. The molecule has 3 nitrogen and oxygen atoms in total. The zero-order chi connectivity index (χ0) is 10.1. The van der Waals surface area contributed by atoms with Crippen LogP contribution in [0.5, 0.6) is 0 Å². The molecule has 0 spiro atoms. The van der Waals surface area contributed by atoms with E-state index < -0.39 is 0 Å². The van der Waals surface area contributed by atoms with Gasteiger partial charge < -0.3 is 10.4 Å². The smallest absolute Gasteiger partial charge is 0.248 e. The number of hydrogen-bond donors (Lipinski definition) is 2. The molecule has 0 radical (unpaired) electrons. The average Bonchev–Trinajstić information content (AvgIpc) is 2.58. The van der Waals surface area contributed by atoms with Crippen molar-refractivity contribution in [3.8, 4) is 0 Å². The molecular formula is C9H14ClNO2. The minimum absolute atomic E-state index is 0.125. The lowest BCUT2D eigenvalue weighted by molar-refractivity contribution is -0.118. The van der Waals surface area contributed by atoms with Crippen molar-refractivity contribution in [1.29, 1.82) is 0 Å². The Bertz CT molecular complexity index is 202. The molecule has 0 aliphatic heterocycles. The van der Waals surface area contributed by atoms with E-state index in [1.54, 1.807) is 0 Å². The lowest BCUT2D eigenvalue weighted by Crippen LogP contribution is -2.24. The molecule has 0 atom stereocenters. The van der Waals surface area contributed by atoms with Gasteiger partial charge in [0.1, 0.15) is 6.73 Å². The van der Waals surface area contributed by atoms with Gasteiger partial charge in [-0.2, -0.15) is 0 Å². The van der Waals surface area contributed by atoms with E-state index in [4.69, 9.17) is 16.7 Å². The van der Waals surface area contributed by atoms with Crippen LogP contribution < -0.4 is 5.32 Å². The highest BCUT2D eigenvalue weighted by molar-refractivity contribution is 6.25. The average molecular weight is 204 g/mol. The van der Waals surface area contributed by atoms with E-state index in [-0.39, 0.29) is 12.6 Å². The molecule has 1 aliphatic carbocycles. The third-order valence-electron chi connectivity index (χ3n) is 1.57. The summed E-state index contributed by atoms with van der Waals surface area (Å²) in [5.41, 5.74) is 2.04. The van der Waals surface area contributed by atoms with E-state index in [0.29, 0.717) is 0 Å². The molecule has 74 valence electrons. The number of allylic oxidation sites excluding steroid dienone is 1. The van der Waals surface area contributed by atoms with Crippen molar-refractivity contribution in [3.05, 3.63) is 23.8 Å². The lowest BCUT2D eigenvalue weighted by atomic mass is 10.2. The molecule has 1 aliphatic rings. The zero-order valence-corrected chi connectivity index (χ0v) is 8.18. The summed E-state index contributed by atoms with van der Waals surface area (Å²) >= 11 is 4.76. The molecule has 0 saturated carbocycles. The molecule has 0 fully saturated rings. The molecule has 0 saturated heterocycles. The van der Waals surface area contributed by atoms with Gasteiger partial charge in [0.05, 0.1) is 0 Å². The summed E-state index contributed by atoms with van der Waals surface area (Å²) in [5, 5.41) is 10.7. The Labute approximate surface area is 83.1 Å².